The van der Waals surface area contributed by atoms with E-state index in [1.165, 1.54) is 19.3 Å². The van der Waals surface area contributed by atoms with Crippen molar-refractivity contribution < 1.29 is 4.42 Å². The summed E-state index contributed by atoms with van der Waals surface area (Å²) in [5.74, 6) is 1.21. The first-order valence-corrected chi connectivity index (χ1v) is 6.03. The molecule has 1 aliphatic rings. The number of rotatable bonds is 5. The Bertz CT molecular complexity index is 413. The molecule has 1 aromatic heterocycles. The summed E-state index contributed by atoms with van der Waals surface area (Å²) in [6, 6.07) is 5.56. The van der Waals surface area contributed by atoms with E-state index in [-0.39, 0.29) is 0 Å². The Hall–Kier alpha value is -1.31. The normalized spacial score (nSPS) is 17.8. The number of hydrogen-bond donors (Lipinski definition) is 1. The van der Waals surface area contributed by atoms with E-state index >= 15 is 0 Å². The first-order valence-electron chi connectivity index (χ1n) is 6.03. The van der Waals surface area contributed by atoms with Crippen LogP contribution in [0.3, 0.4) is 0 Å². The highest BCUT2D eigenvalue weighted by Crippen LogP contribution is 2.35. The van der Waals surface area contributed by atoms with Gasteiger partial charge in [-0.1, -0.05) is 0 Å². The molecular weight excluding hydrogens is 214 g/mol. The van der Waals surface area contributed by atoms with Gasteiger partial charge in [-0.3, -0.25) is 0 Å². The Morgan fingerprint density at radius 3 is 2.71 bits per heavy atom. The Kier molecular flexibility index (Phi) is 3.51. The summed E-state index contributed by atoms with van der Waals surface area (Å²) in [7, 11) is 4.28. The molecule has 92 valence electrons. The highest BCUT2D eigenvalue weighted by atomic mass is 16.3. The molecule has 1 aromatic rings. The predicted octanol–water partition coefficient (Wildman–Crippen LogP) is 1.73. The Labute approximate surface area is 102 Å². The van der Waals surface area contributed by atoms with Gasteiger partial charge in [-0.15, -0.1) is 0 Å². The van der Waals surface area contributed by atoms with Crippen LogP contribution in [-0.2, 0) is 6.54 Å². The van der Waals surface area contributed by atoms with Gasteiger partial charge >= 0.3 is 0 Å². The zero-order chi connectivity index (χ0) is 12.3. The first kappa shape index (κ1) is 12.2. The molecule has 4 nitrogen and oxygen atoms in total. The van der Waals surface area contributed by atoms with E-state index in [1.54, 1.807) is 6.07 Å². The van der Waals surface area contributed by atoms with E-state index in [0.717, 1.165) is 12.3 Å². The van der Waals surface area contributed by atoms with Crippen LogP contribution in [0.5, 0.6) is 0 Å². The number of nitrogens with zero attached hydrogens (tertiary/aromatic N) is 2. The lowest BCUT2D eigenvalue weighted by molar-refractivity contribution is 0.0593. The van der Waals surface area contributed by atoms with Crippen molar-refractivity contribution in [1.82, 2.24) is 10.2 Å². The summed E-state index contributed by atoms with van der Waals surface area (Å²) in [6.45, 7) is 1.67. The van der Waals surface area contributed by atoms with Crippen molar-refractivity contribution in [3.05, 3.63) is 23.7 Å². The van der Waals surface area contributed by atoms with Crippen molar-refractivity contribution in [2.24, 2.45) is 0 Å². The van der Waals surface area contributed by atoms with Gasteiger partial charge in [0.15, 0.2) is 0 Å². The third kappa shape index (κ3) is 2.51. The quantitative estimate of drug-likeness (QED) is 0.841. The summed E-state index contributed by atoms with van der Waals surface area (Å²) < 4.78 is 5.32. The molecule has 0 aromatic carbocycles. The second kappa shape index (κ2) is 4.91. The number of hydrogen-bond acceptors (Lipinski definition) is 4. The van der Waals surface area contributed by atoms with Crippen LogP contribution in [0, 0.1) is 11.3 Å². The number of likely N-dealkylation sites (N-methyl/N-ethyl adjacent to an activating group) is 1. The van der Waals surface area contributed by atoms with Gasteiger partial charge in [0, 0.05) is 12.1 Å². The molecule has 1 N–H and O–H groups in total. The second-order valence-electron chi connectivity index (χ2n) is 4.95. The molecule has 1 fully saturated rings. The number of nitrogens with one attached hydrogen (secondary N) is 1. The second-order valence-corrected chi connectivity index (χ2v) is 4.95. The average Bonchev–Trinajstić information content (AvgIpc) is 2.69. The van der Waals surface area contributed by atoms with Crippen LogP contribution >= 0.6 is 0 Å². The molecule has 1 saturated carbocycles. The zero-order valence-electron chi connectivity index (χ0n) is 10.5. The van der Waals surface area contributed by atoms with E-state index in [0.29, 0.717) is 17.8 Å². The molecule has 0 spiro atoms. The minimum atomic E-state index is 0.324. The predicted molar refractivity (Wildman–Crippen MR) is 65.4 cm³/mol. The van der Waals surface area contributed by atoms with Gasteiger partial charge in [-0.2, -0.15) is 5.26 Å². The average molecular weight is 233 g/mol. The molecule has 2 rings (SSSR count). The topological polar surface area (TPSA) is 52.2 Å². The van der Waals surface area contributed by atoms with Crippen molar-refractivity contribution in [2.45, 2.75) is 31.3 Å². The lowest BCUT2D eigenvalue weighted by atomic mass is 9.75. The smallest absolute Gasteiger partial charge is 0.203 e. The molecule has 17 heavy (non-hydrogen) atoms. The maximum atomic E-state index is 8.65. The zero-order valence-corrected chi connectivity index (χ0v) is 10.5. The van der Waals surface area contributed by atoms with Crippen molar-refractivity contribution in [3.8, 4) is 6.07 Å². The molecule has 0 saturated heterocycles. The fourth-order valence-electron chi connectivity index (χ4n) is 2.32. The van der Waals surface area contributed by atoms with E-state index in [2.05, 4.69) is 24.3 Å². The van der Waals surface area contributed by atoms with Gasteiger partial charge in [0.05, 0.1) is 6.54 Å². The summed E-state index contributed by atoms with van der Waals surface area (Å²) in [6.07, 6.45) is 3.84. The Morgan fingerprint density at radius 2 is 2.24 bits per heavy atom. The Morgan fingerprint density at radius 1 is 1.47 bits per heavy atom. The third-order valence-corrected chi connectivity index (χ3v) is 3.76. The van der Waals surface area contributed by atoms with Crippen molar-refractivity contribution in [2.75, 3.05) is 20.6 Å². The fraction of sp³-hybridized carbons (Fsp3) is 0.615. The van der Waals surface area contributed by atoms with Crippen LogP contribution in [0.1, 0.15) is 30.8 Å². The minimum absolute atomic E-state index is 0.324. The lowest BCUT2D eigenvalue weighted by Gasteiger charge is -2.47. The van der Waals surface area contributed by atoms with Crippen LogP contribution < -0.4 is 5.32 Å². The van der Waals surface area contributed by atoms with Crippen LogP contribution in [0.25, 0.3) is 0 Å². The molecule has 0 aliphatic heterocycles. The van der Waals surface area contributed by atoms with Gasteiger partial charge in [-0.05, 0) is 45.5 Å². The molecule has 1 aliphatic carbocycles. The van der Waals surface area contributed by atoms with Gasteiger partial charge in [0.25, 0.3) is 0 Å². The molecule has 1 heterocycles. The molecule has 4 heteroatoms. The van der Waals surface area contributed by atoms with E-state index in [4.69, 9.17) is 9.68 Å². The Balaban J connectivity index is 1.81. The van der Waals surface area contributed by atoms with E-state index in [9.17, 15) is 0 Å². The fourth-order valence-corrected chi connectivity index (χ4v) is 2.32. The van der Waals surface area contributed by atoms with Crippen molar-refractivity contribution in [1.29, 1.82) is 5.26 Å². The standard InChI is InChI=1S/C13H19N3O/c1-16(2)13(6-3-7-13)10-15-9-12-5-4-11(8-14)17-12/h4-5,15H,3,6-7,9-10H2,1-2H3. The summed E-state index contributed by atoms with van der Waals surface area (Å²) >= 11 is 0. The van der Waals surface area contributed by atoms with Gasteiger partial charge in [-0.25, -0.2) is 0 Å². The van der Waals surface area contributed by atoms with Crippen LogP contribution in [0.2, 0.25) is 0 Å². The number of furan rings is 1. The molecule has 0 atom stereocenters. The summed E-state index contributed by atoms with van der Waals surface area (Å²) in [4.78, 5) is 2.31. The van der Waals surface area contributed by atoms with E-state index in [1.807, 2.05) is 12.1 Å². The minimum Gasteiger partial charge on any atom is -0.449 e. The van der Waals surface area contributed by atoms with Crippen LogP contribution in [0.15, 0.2) is 16.5 Å². The highest BCUT2D eigenvalue weighted by Gasteiger charge is 2.38. The first-order chi connectivity index (χ1) is 8.16. The third-order valence-electron chi connectivity index (χ3n) is 3.76. The monoisotopic (exact) mass is 233 g/mol. The number of nitriles is 1. The van der Waals surface area contributed by atoms with Crippen LogP contribution in [0.4, 0.5) is 0 Å². The van der Waals surface area contributed by atoms with Gasteiger partial charge in [0.2, 0.25) is 5.76 Å². The van der Waals surface area contributed by atoms with Crippen LogP contribution in [-0.4, -0.2) is 31.1 Å². The van der Waals surface area contributed by atoms with Gasteiger partial charge in [0.1, 0.15) is 11.8 Å². The molecule has 0 amide bonds. The van der Waals surface area contributed by atoms with Gasteiger partial charge < -0.3 is 14.6 Å². The maximum absolute atomic E-state index is 8.65. The van der Waals surface area contributed by atoms with E-state index < -0.39 is 0 Å². The maximum Gasteiger partial charge on any atom is 0.203 e. The van der Waals surface area contributed by atoms with Crippen molar-refractivity contribution >= 4 is 0 Å². The molecule has 0 radical (unpaired) electrons. The summed E-state index contributed by atoms with van der Waals surface area (Å²) in [5.41, 5.74) is 0.324. The lowest BCUT2D eigenvalue weighted by Crippen LogP contribution is -2.56. The SMILES string of the molecule is CN(C)C1(CNCc2ccc(C#N)o2)CCC1. The van der Waals surface area contributed by atoms with Crippen molar-refractivity contribution in [3.63, 3.8) is 0 Å². The molecule has 0 unspecified atom stereocenters. The highest BCUT2D eigenvalue weighted by molar-refractivity contribution is 5.19. The molecular formula is C13H19N3O. The summed E-state index contributed by atoms with van der Waals surface area (Å²) in [5, 5.41) is 12.1. The largest absolute Gasteiger partial charge is 0.449 e. The molecule has 0 bridgehead atoms.